The zero-order chi connectivity index (χ0) is 10.1. The number of nitrogen functional groups attached to an aromatic ring is 1. The first-order chi connectivity index (χ1) is 6.16. The standard InChI is InChI=1S/C5H9NO.C4H6N2/c1-3-4-6-5(2)7;5-4-1-2-6-3-4/h3H,1,4H2,2H3,(H,6,7);1-3,6H,5H2. The van der Waals surface area contributed by atoms with Crippen LogP contribution in [0.3, 0.4) is 0 Å². The van der Waals surface area contributed by atoms with Crippen molar-refractivity contribution in [3.05, 3.63) is 31.1 Å². The maximum absolute atomic E-state index is 10.0. The summed E-state index contributed by atoms with van der Waals surface area (Å²) in [6.07, 6.45) is 5.16. The van der Waals surface area contributed by atoms with Crippen LogP contribution in [0, 0.1) is 0 Å². The number of H-pyrrole nitrogens is 1. The fourth-order valence-corrected chi connectivity index (χ4v) is 0.553. The number of aromatic nitrogens is 1. The highest BCUT2D eigenvalue weighted by Crippen LogP contribution is 1.92. The van der Waals surface area contributed by atoms with Crippen molar-refractivity contribution in [2.45, 2.75) is 6.92 Å². The molecule has 4 heteroatoms. The van der Waals surface area contributed by atoms with Crippen molar-refractivity contribution in [3.8, 4) is 0 Å². The Morgan fingerprint density at radius 3 is 2.69 bits per heavy atom. The Morgan fingerprint density at radius 1 is 1.85 bits per heavy atom. The Morgan fingerprint density at radius 2 is 2.54 bits per heavy atom. The summed E-state index contributed by atoms with van der Waals surface area (Å²) in [6.45, 7) is 5.46. The lowest BCUT2D eigenvalue weighted by atomic mass is 10.6. The van der Waals surface area contributed by atoms with Crippen molar-refractivity contribution >= 4 is 11.6 Å². The molecular formula is C9H15N3O. The molecule has 0 bridgehead atoms. The molecule has 0 spiro atoms. The number of rotatable bonds is 2. The lowest BCUT2D eigenvalue weighted by Crippen LogP contribution is -2.18. The third-order valence-electron chi connectivity index (χ3n) is 1.12. The highest BCUT2D eigenvalue weighted by molar-refractivity contribution is 5.72. The number of anilines is 1. The van der Waals surface area contributed by atoms with Gasteiger partial charge in [0.1, 0.15) is 0 Å². The maximum atomic E-state index is 10.0. The van der Waals surface area contributed by atoms with E-state index >= 15 is 0 Å². The molecule has 72 valence electrons. The average molecular weight is 181 g/mol. The minimum atomic E-state index is -0.0140. The van der Waals surface area contributed by atoms with Crippen LogP contribution in [0.4, 0.5) is 5.69 Å². The lowest BCUT2D eigenvalue weighted by Gasteiger charge is -1.90. The van der Waals surface area contributed by atoms with Crippen LogP contribution in [0.1, 0.15) is 6.92 Å². The van der Waals surface area contributed by atoms with E-state index in [4.69, 9.17) is 5.73 Å². The smallest absolute Gasteiger partial charge is 0.217 e. The summed E-state index contributed by atoms with van der Waals surface area (Å²) in [5.41, 5.74) is 6.03. The van der Waals surface area contributed by atoms with E-state index in [9.17, 15) is 4.79 Å². The molecule has 0 radical (unpaired) electrons. The van der Waals surface area contributed by atoms with Crippen LogP contribution in [-0.2, 0) is 4.79 Å². The molecule has 0 unspecified atom stereocenters. The number of aromatic amines is 1. The second-order valence-electron chi connectivity index (χ2n) is 2.37. The highest BCUT2D eigenvalue weighted by atomic mass is 16.1. The zero-order valence-electron chi connectivity index (χ0n) is 7.71. The molecule has 0 saturated carbocycles. The molecule has 0 aliphatic heterocycles. The summed E-state index contributed by atoms with van der Waals surface area (Å²) in [5, 5.41) is 2.54. The molecule has 1 rings (SSSR count). The summed E-state index contributed by atoms with van der Waals surface area (Å²) >= 11 is 0. The topological polar surface area (TPSA) is 70.9 Å². The van der Waals surface area contributed by atoms with Gasteiger partial charge in [-0.25, -0.2) is 0 Å². The van der Waals surface area contributed by atoms with Gasteiger partial charge in [-0.2, -0.15) is 0 Å². The van der Waals surface area contributed by atoms with Gasteiger partial charge in [-0.3, -0.25) is 4.79 Å². The van der Waals surface area contributed by atoms with E-state index in [0.29, 0.717) is 6.54 Å². The second kappa shape index (κ2) is 6.97. The first kappa shape index (κ1) is 11.3. The van der Waals surface area contributed by atoms with E-state index in [1.54, 1.807) is 24.5 Å². The molecule has 1 aromatic rings. The zero-order valence-corrected chi connectivity index (χ0v) is 7.71. The predicted molar refractivity (Wildman–Crippen MR) is 54.1 cm³/mol. The summed E-state index contributed by atoms with van der Waals surface area (Å²) in [7, 11) is 0. The summed E-state index contributed by atoms with van der Waals surface area (Å²) in [4.78, 5) is 12.8. The molecule has 1 heterocycles. The SMILES string of the molecule is C=CCNC(C)=O.Nc1cc[nH]c1. The summed E-state index contributed by atoms with van der Waals surface area (Å²) in [6, 6.07) is 1.81. The molecule has 1 amide bonds. The molecule has 1 aromatic heterocycles. The molecular weight excluding hydrogens is 166 g/mol. The number of hydrogen-bond donors (Lipinski definition) is 3. The fraction of sp³-hybridized carbons (Fsp3) is 0.222. The lowest BCUT2D eigenvalue weighted by molar-refractivity contribution is -0.118. The Kier molecular flexibility index (Phi) is 6.05. The number of nitrogens with one attached hydrogen (secondary N) is 2. The number of amides is 1. The molecule has 0 saturated heterocycles. The van der Waals surface area contributed by atoms with E-state index < -0.39 is 0 Å². The van der Waals surface area contributed by atoms with E-state index in [0.717, 1.165) is 5.69 Å². The van der Waals surface area contributed by atoms with E-state index in [-0.39, 0.29) is 5.91 Å². The largest absolute Gasteiger partial charge is 0.398 e. The van der Waals surface area contributed by atoms with Gasteiger partial charge in [-0.05, 0) is 6.07 Å². The van der Waals surface area contributed by atoms with Gasteiger partial charge in [0.15, 0.2) is 0 Å². The van der Waals surface area contributed by atoms with Crippen LogP contribution < -0.4 is 11.1 Å². The quantitative estimate of drug-likeness (QED) is 0.593. The number of nitrogens with two attached hydrogens (primary N) is 1. The first-order valence-electron chi connectivity index (χ1n) is 3.90. The van der Waals surface area contributed by atoms with Crippen LogP contribution >= 0.6 is 0 Å². The second-order valence-corrected chi connectivity index (χ2v) is 2.37. The molecule has 0 aromatic carbocycles. The number of hydrogen-bond acceptors (Lipinski definition) is 2. The number of carbonyl (C=O) groups is 1. The van der Waals surface area contributed by atoms with Crippen molar-refractivity contribution in [3.63, 3.8) is 0 Å². The van der Waals surface area contributed by atoms with E-state index in [1.807, 2.05) is 0 Å². The van der Waals surface area contributed by atoms with Gasteiger partial charge in [-0.1, -0.05) is 6.08 Å². The van der Waals surface area contributed by atoms with Gasteiger partial charge < -0.3 is 16.0 Å². The molecule has 0 aliphatic carbocycles. The summed E-state index contributed by atoms with van der Waals surface area (Å²) < 4.78 is 0. The fourth-order valence-electron chi connectivity index (χ4n) is 0.553. The third-order valence-corrected chi connectivity index (χ3v) is 1.12. The Hall–Kier alpha value is -1.71. The van der Waals surface area contributed by atoms with Crippen molar-refractivity contribution in [2.24, 2.45) is 0 Å². The molecule has 0 fully saturated rings. The van der Waals surface area contributed by atoms with E-state index in [2.05, 4.69) is 16.9 Å². The van der Waals surface area contributed by atoms with Crippen LogP contribution in [0.15, 0.2) is 31.1 Å². The van der Waals surface area contributed by atoms with Crippen molar-refractivity contribution in [1.82, 2.24) is 10.3 Å². The average Bonchev–Trinajstić information content (AvgIpc) is 2.53. The van der Waals surface area contributed by atoms with Gasteiger partial charge in [0.2, 0.25) is 5.91 Å². The van der Waals surface area contributed by atoms with Crippen molar-refractivity contribution in [1.29, 1.82) is 0 Å². The Balaban J connectivity index is 0.000000223. The number of carbonyl (C=O) groups excluding carboxylic acids is 1. The van der Waals surface area contributed by atoms with Gasteiger partial charge in [0.05, 0.1) is 0 Å². The normalized spacial score (nSPS) is 8.08. The highest BCUT2D eigenvalue weighted by Gasteiger charge is 1.80. The Labute approximate surface area is 77.8 Å². The molecule has 0 atom stereocenters. The van der Waals surface area contributed by atoms with Gasteiger partial charge in [0, 0.05) is 31.5 Å². The third kappa shape index (κ3) is 8.19. The molecule has 13 heavy (non-hydrogen) atoms. The first-order valence-corrected chi connectivity index (χ1v) is 3.90. The predicted octanol–water partition coefficient (Wildman–Crippen LogP) is 0.905. The van der Waals surface area contributed by atoms with Gasteiger partial charge >= 0.3 is 0 Å². The summed E-state index contributed by atoms with van der Waals surface area (Å²) in [5.74, 6) is -0.0140. The van der Waals surface area contributed by atoms with Gasteiger partial charge in [0.25, 0.3) is 0 Å². The monoisotopic (exact) mass is 181 g/mol. The van der Waals surface area contributed by atoms with Crippen molar-refractivity contribution < 1.29 is 4.79 Å². The molecule has 0 aliphatic rings. The molecule has 4 nitrogen and oxygen atoms in total. The van der Waals surface area contributed by atoms with E-state index in [1.165, 1.54) is 6.92 Å². The minimum Gasteiger partial charge on any atom is -0.398 e. The van der Waals surface area contributed by atoms with Crippen LogP contribution in [0.25, 0.3) is 0 Å². The minimum absolute atomic E-state index is 0.0140. The maximum Gasteiger partial charge on any atom is 0.217 e. The Bertz CT molecular complexity index is 241. The van der Waals surface area contributed by atoms with Crippen LogP contribution in [0.5, 0.6) is 0 Å². The van der Waals surface area contributed by atoms with Gasteiger partial charge in [-0.15, -0.1) is 6.58 Å². The van der Waals surface area contributed by atoms with Crippen LogP contribution in [0.2, 0.25) is 0 Å². The molecule has 4 N–H and O–H groups in total. The van der Waals surface area contributed by atoms with Crippen LogP contribution in [-0.4, -0.2) is 17.4 Å². The van der Waals surface area contributed by atoms with Crippen molar-refractivity contribution in [2.75, 3.05) is 12.3 Å².